The van der Waals surface area contributed by atoms with Crippen LogP contribution in [0, 0.1) is 6.92 Å². The minimum absolute atomic E-state index is 0.191. The fraction of sp³-hybridized carbons (Fsp3) is 0.562. The Hall–Kier alpha value is -1.56. The van der Waals surface area contributed by atoms with E-state index < -0.39 is 9.84 Å². The number of benzene rings is 1. The molecule has 0 fully saturated rings. The van der Waals surface area contributed by atoms with Crippen LogP contribution in [0.3, 0.4) is 0 Å². The Labute approximate surface area is 134 Å². The van der Waals surface area contributed by atoms with Crippen molar-refractivity contribution in [2.24, 2.45) is 4.99 Å². The molecule has 1 aromatic carbocycles. The summed E-state index contributed by atoms with van der Waals surface area (Å²) < 4.78 is 22.1. The molecule has 0 heterocycles. The summed E-state index contributed by atoms with van der Waals surface area (Å²) in [5.74, 6) is 1.26. The summed E-state index contributed by atoms with van der Waals surface area (Å²) in [4.78, 5) is 4.15. The highest BCUT2D eigenvalue weighted by Gasteiger charge is 2.07. The van der Waals surface area contributed by atoms with Crippen LogP contribution in [0.2, 0.25) is 0 Å². The fourth-order valence-electron chi connectivity index (χ4n) is 2.11. The van der Waals surface area contributed by atoms with Gasteiger partial charge in [0.15, 0.2) is 5.96 Å². The summed E-state index contributed by atoms with van der Waals surface area (Å²) >= 11 is 0. The number of rotatable bonds is 7. The van der Waals surface area contributed by atoms with Crippen molar-refractivity contribution in [3.8, 4) is 0 Å². The predicted molar refractivity (Wildman–Crippen MR) is 93.3 cm³/mol. The van der Waals surface area contributed by atoms with Crippen molar-refractivity contribution in [1.82, 2.24) is 10.6 Å². The normalized spacial score (nSPS) is 13.7. The van der Waals surface area contributed by atoms with Crippen LogP contribution < -0.4 is 10.6 Å². The minimum atomic E-state index is -2.89. The first-order valence-corrected chi connectivity index (χ1v) is 9.56. The zero-order valence-corrected chi connectivity index (χ0v) is 14.7. The van der Waals surface area contributed by atoms with Crippen LogP contribution in [0.15, 0.2) is 29.3 Å². The Morgan fingerprint density at radius 2 is 2.05 bits per heavy atom. The van der Waals surface area contributed by atoms with Crippen molar-refractivity contribution >= 4 is 15.8 Å². The number of nitrogens with one attached hydrogen (secondary N) is 2. The van der Waals surface area contributed by atoms with E-state index in [9.17, 15) is 8.42 Å². The van der Waals surface area contributed by atoms with Gasteiger partial charge < -0.3 is 10.6 Å². The average Bonchev–Trinajstić information content (AvgIpc) is 2.45. The highest BCUT2D eigenvalue weighted by molar-refractivity contribution is 7.90. The topological polar surface area (TPSA) is 70.6 Å². The van der Waals surface area contributed by atoms with Crippen molar-refractivity contribution in [2.45, 2.75) is 26.2 Å². The standard InChI is InChI=1S/C16H27N3O2S/c1-13-7-5-8-15(11-13)14(2)12-19-16(17-3)18-9-6-10-22(4,20)21/h5,7-8,11,14H,6,9-10,12H2,1-4H3,(H2,17,18,19). The molecule has 0 bridgehead atoms. The predicted octanol–water partition coefficient (Wildman–Crippen LogP) is 1.70. The van der Waals surface area contributed by atoms with E-state index in [4.69, 9.17) is 0 Å². The van der Waals surface area contributed by atoms with Gasteiger partial charge in [0, 0.05) is 26.4 Å². The molecule has 0 saturated heterocycles. The van der Waals surface area contributed by atoms with E-state index in [0.29, 0.717) is 24.8 Å². The summed E-state index contributed by atoms with van der Waals surface area (Å²) in [6, 6.07) is 8.47. The van der Waals surface area contributed by atoms with Crippen molar-refractivity contribution < 1.29 is 8.42 Å². The van der Waals surface area contributed by atoms with Gasteiger partial charge in [-0.15, -0.1) is 0 Å². The van der Waals surface area contributed by atoms with Crippen LogP contribution >= 0.6 is 0 Å². The Morgan fingerprint density at radius 3 is 2.64 bits per heavy atom. The largest absolute Gasteiger partial charge is 0.356 e. The van der Waals surface area contributed by atoms with E-state index in [-0.39, 0.29) is 5.75 Å². The van der Waals surface area contributed by atoms with Crippen LogP contribution in [0.25, 0.3) is 0 Å². The van der Waals surface area contributed by atoms with Crippen molar-refractivity contribution in [1.29, 1.82) is 0 Å². The van der Waals surface area contributed by atoms with Crippen LogP contribution in [0.4, 0.5) is 0 Å². The van der Waals surface area contributed by atoms with Gasteiger partial charge in [-0.05, 0) is 24.8 Å². The molecule has 1 atom stereocenters. The second-order valence-corrected chi connectivity index (χ2v) is 7.94. The molecule has 0 amide bonds. The first-order valence-electron chi connectivity index (χ1n) is 7.50. The van der Waals surface area contributed by atoms with Crippen LogP contribution in [-0.2, 0) is 9.84 Å². The number of sulfone groups is 1. The third-order valence-corrected chi connectivity index (χ3v) is 4.43. The maximum Gasteiger partial charge on any atom is 0.190 e. The summed E-state index contributed by atoms with van der Waals surface area (Å²) in [6.07, 6.45) is 1.83. The van der Waals surface area contributed by atoms with Crippen LogP contribution in [-0.4, -0.2) is 46.5 Å². The number of guanidine groups is 1. The van der Waals surface area contributed by atoms with Crippen molar-refractivity contribution in [3.63, 3.8) is 0 Å². The molecular weight excluding hydrogens is 298 g/mol. The highest BCUT2D eigenvalue weighted by atomic mass is 32.2. The monoisotopic (exact) mass is 325 g/mol. The van der Waals surface area contributed by atoms with E-state index >= 15 is 0 Å². The minimum Gasteiger partial charge on any atom is -0.356 e. The third kappa shape index (κ3) is 7.45. The molecule has 0 aliphatic rings. The molecule has 0 radical (unpaired) electrons. The second kappa shape index (κ2) is 8.78. The lowest BCUT2D eigenvalue weighted by molar-refractivity contribution is 0.598. The van der Waals surface area contributed by atoms with E-state index in [2.05, 4.69) is 53.7 Å². The van der Waals surface area contributed by atoms with Gasteiger partial charge in [-0.25, -0.2) is 8.42 Å². The smallest absolute Gasteiger partial charge is 0.190 e. The average molecular weight is 325 g/mol. The Kier molecular flexibility index (Phi) is 7.38. The SMILES string of the molecule is CN=C(NCCCS(C)(=O)=O)NCC(C)c1cccc(C)c1. The lowest BCUT2D eigenvalue weighted by Gasteiger charge is -2.16. The number of hydrogen-bond acceptors (Lipinski definition) is 3. The molecule has 0 aromatic heterocycles. The van der Waals surface area contributed by atoms with E-state index in [0.717, 1.165) is 6.54 Å². The molecule has 22 heavy (non-hydrogen) atoms. The van der Waals surface area contributed by atoms with E-state index in [1.807, 2.05) is 0 Å². The quantitative estimate of drug-likeness (QED) is 0.455. The lowest BCUT2D eigenvalue weighted by atomic mass is 9.99. The lowest BCUT2D eigenvalue weighted by Crippen LogP contribution is -2.39. The maximum absolute atomic E-state index is 11.1. The molecule has 0 aliphatic carbocycles. The molecular formula is C16H27N3O2S. The molecule has 1 rings (SSSR count). The third-order valence-electron chi connectivity index (χ3n) is 3.39. The van der Waals surface area contributed by atoms with Gasteiger partial charge in [0.2, 0.25) is 0 Å². The van der Waals surface area contributed by atoms with Crippen LogP contribution in [0.1, 0.15) is 30.4 Å². The van der Waals surface area contributed by atoms with Gasteiger partial charge >= 0.3 is 0 Å². The molecule has 5 nitrogen and oxygen atoms in total. The highest BCUT2D eigenvalue weighted by Crippen LogP contribution is 2.15. The molecule has 2 N–H and O–H groups in total. The van der Waals surface area contributed by atoms with Gasteiger partial charge in [-0.3, -0.25) is 4.99 Å². The molecule has 1 aromatic rings. The second-order valence-electron chi connectivity index (χ2n) is 5.68. The Morgan fingerprint density at radius 1 is 1.32 bits per heavy atom. The number of nitrogens with zero attached hydrogens (tertiary/aromatic N) is 1. The Bertz CT molecular complexity index is 597. The van der Waals surface area contributed by atoms with Gasteiger partial charge in [0.1, 0.15) is 9.84 Å². The number of aliphatic imine (C=N–C) groups is 1. The zero-order chi connectivity index (χ0) is 16.6. The molecule has 0 aliphatic heterocycles. The van der Waals surface area contributed by atoms with Gasteiger partial charge in [-0.2, -0.15) is 0 Å². The van der Waals surface area contributed by atoms with Gasteiger partial charge in [0.05, 0.1) is 5.75 Å². The Balaban J connectivity index is 2.37. The zero-order valence-electron chi connectivity index (χ0n) is 13.9. The summed E-state index contributed by atoms with van der Waals surface area (Å²) in [5.41, 5.74) is 2.55. The van der Waals surface area contributed by atoms with Crippen molar-refractivity contribution in [3.05, 3.63) is 35.4 Å². The first kappa shape index (κ1) is 18.5. The van der Waals surface area contributed by atoms with E-state index in [1.54, 1.807) is 7.05 Å². The van der Waals surface area contributed by atoms with Gasteiger partial charge in [-0.1, -0.05) is 36.8 Å². The number of aryl methyl sites for hydroxylation is 1. The molecule has 1 unspecified atom stereocenters. The molecule has 0 spiro atoms. The van der Waals surface area contributed by atoms with Crippen molar-refractivity contribution in [2.75, 3.05) is 32.1 Å². The molecule has 6 heteroatoms. The first-order chi connectivity index (χ1) is 10.3. The summed E-state index contributed by atoms with van der Waals surface area (Å²) in [7, 11) is -1.18. The van der Waals surface area contributed by atoms with Crippen LogP contribution in [0.5, 0.6) is 0 Å². The maximum atomic E-state index is 11.1. The van der Waals surface area contributed by atoms with E-state index in [1.165, 1.54) is 17.4 Å². The molecule has 124 valence electrons. The van der Waals surface area contributed by atoms with Gasteiger partial charge in [0.25, 0.3) is 0 Å². The summed E-state index contributed by atoms with van der Waals surface area (Å²) in [6.45, 7) is 5.62. The number of hydrogen-bond donors (Lipinski definition) is 2. The fourth-order valence-corrected chi connectivity index (χ4v) is 2.77. The molecule has 0 saturated carbocycles. The summed E-state index contributed by atoms with van der Waals surface area (Å²) in [5, 5.41) is 6.41.